The molecule has 4 rings (SSSR count). The fourth-order valence-corrected chi connectivity index (χ4v) is 11.8. The first-order valence-corrected chi connectivity index (χ1v) is 26.3. The second-order valence-electron chi connectivity index (χ2n) is 20.1. The van der Waals surface area contributed by atoms with Gasteiger partial charge in [0.1, 0.15) is 42.9 Å². The van der Waals surface area contributed by atoms with Crippen LogP contribution >= 0.6 is 7.80 Å². The molecule has 15 heteroatoms. The molecule has 3 unspecified atom stereocenters. The molecule has 67 heavy (non-hydrogen) atoms. The van der Waals surface area contributed by atoms with Gasteiger partial charge in [0.15, 0.2) is 11.4 Å². The Labute approximate surface area is 400 Å². The van der Waals surface area contributed by atoms with Crippen molar-refractivity contribution in [3.05, 3.63) is 47.6 Å². The molecule has 1 aliphatic carbocycles. The summed E-state index contributed by atoms with van der Waals surface area (Å²) < 4.78 is 42.2. The van der Waals surface area contributed by atoms with Gasteiger partial charge < -0.3 is 38.8 Å². The van der Waals surface area contributed by atoms with E-state index in [2.05, 4.69) is 0 Å². The van der Waals surface area contributed by atoms with Gasteiger partial charge in [0.05, 0.1) is 12.2 Å². The zero-order valence-corrected chi connectivity index (χ0v) is 42.9. The molecule has 0 aromatic heterocycles. The van der Waals surface area contributed by atoms with Gasteiger partial charge in [-0.05, 0) is 107 Å². The number of cyclic esters (lactones) is 1. The Balaban J connectivity index is 1.71. The number of aliphatic hydroxyl groups is 2. The zero-order valence-electron chi connectivity index (χ0n) is 42.0. The van der Waals surface area contributed by atoms with Crippen molar-refractivity contribution in [3.63, 3.8) is 0 Å². The van der Waals surface area contributed by atoms with Gasteiger partial charge >= 0.3 is 13.8 Å². The van der Waals surface area contributed by atoms with E-state index >= 15 is 0 Å². The van der Waals surface area contributed by atoms with E-state index in [1.807, 2.05) is 58.1 Å². The normalized spacial score (nSPS) is 38.5. The summed E-state index contributed by atoms with van der Waals surface area (Å²) in [4.78, 5) is 72.0. The first kappa shape index (κ1) is 56.4. The van der Waals surface area contributed by atoms with E-state index in [-0.39, 0.29) is 60.5 Å². The maximum absolute atomic E-state index is 14.4. The predicted octanol–water partition coefficient (Wildman–Crippen LogP) is 7.65. The lowest BCUT2D eigenvalue weighted by atomic mass is 9.79. The van der Waals surface area contributed by atoms with E-state index in [1.165, 1.54) is 12.0 Å². The molecular weight excluding hydrogens is 878 g/mol. The Hall–Kier alpha value is -3.23. The van der Waals surface area contributed by atoms with E-state index in [0.29, 0.717) is 56.9 Å². The lowest BCUT2D eigenvalue weighted by Crippen LogP contribution is -2.61. The first-order chi connectivity index (χ1) is 31.7. The lowest BCUT2D eigenvalue weighted by Gasteiger charge is -2.42. The van der Waals surface area contributed by atoms with Crippen molar-refractivity contribution in [2.75, 3.05) is 34.5 Å². The second-order valence-corrected chi connectivity index (χ2v) is 21.9. The van der Waals surface area contributed by atoms with Crippen LogP contribution in [0.3, 0.4) is 0 Å². The van der Waals surface area contributed by atoms with Crippen molar-refractivity contribution in [2.45, 2.75) is 180 Å². The van der Waals surface area contributed by atoms with Gasteiger partial charge in [0, 0.05) is 58.5 Å². The van der Waals surface area contributed by atoms with Gasteiger partial charge in [-0.15, -0.1) is 0 Å². The number of Topliss-reactive ketones (excluding diaryl/α,β-unsaturated/α-hetero) is 3. The quantitative estimate of drug-likeness (QED) is 0.110. The molecule has 2 bridgehead atoms. The fourth-order valence-electron chi connectivity index (χ4n) is 10.5. The molecule has 4 aliphatic rings. The Morgan fingerprint density at radius 3 is 2.25 bits per heavy atom. The number of esters is 1. The van der Waals surface area contributed by atoms with Gasteiger partial charge in [-0.3, -0.25) is 19.2 Å². The minimum absolute atomic E-state index is 0.0171. The number of ether oxygens (including phenoxy) is 5. The molecule has 16 atom stereocenters. The molecule has 0 spiro atoms. The summed E-state index contributed by atoms with van der Waals surface area (Å²) in [6, 6.07) is -1.14. The number of carbonyl (C=O) groups is 5. The van der Waals surface area contributed by atoms with Crippen molar-refractivity contribution in [1.82, 2.24) is 4.90 Å². The van der Waals surface area contributed by atoms with Gasteiger partial charge in [0.2, 0.25) is 5.79 Å². The average Bonchev–Trinajstić information content (AvgIpc) is 3.30. The molecule has 1 saturated carbocycles. The smallest absolute Gasteiger partial charge is 0.341 e. The van der Waals surface area contributed by atoms with E-state index in [4.69, 9.17) is 23.7 Å². The number of allylic oxidation sites excluding steroid dienone is 6. The molecule has 376 valence electrons. The number of amides is 1. The minimum Gasteiger partial charge on any atom is -0.460 e. The molecule has 1 amide bonds. The van der Waals surface area contributed by atoms with Crippen LogP contribution in [0.5, 0.6) is 0 Å². The molecule has 3 fully saturated rings. The number of nitrogens with zero attached hydrogens (tertiary/aromatic N) is 1. The number of ketones is 3. The molecule has 2 N–H and O–H groups in total. The van der Waals surface area contributed by atoms with Crippen LogP contribution in [-0.4, -0.2) is 133 Å². The molecule has 0 radical (unpaired) electrons. The minimum atomic E-state index is -2.43. The standard InChI is InChI=1S/C52H81NO13P/c1-31-17-13-12-14-18-32(2)42(62-8)29-39-22-20-37(7)52(60,66-39)49(57)50(58)53-24-16-15-19-40(53)51(59)65-43(34(4)27-38-21-23-45(67(11)61)44(28-38)63-9)30-41(54)33(3)26-36(6)47(56)48(64-10)46(55)35(5)25-31/h12-14,17-18,26,31,33-35,37-40,42-45,47-48,56,60H,15-16,19-25,27-30H2,1-11H3/q+1/b14-12?,17-13+,32-18?,36-26+/t31-,33-,34-,35-,37-,38+,39+,40+,42+,43?,44-,45?,47-,48+,52-/m1/s1. The van der Waals surface area contributed by atoms with E-state index in [9.17, 15) is 38.8 Å². The predicted molar refractivity (Wildman–Crippen MR) is 256 cm³/mol. The summed E-state index contributed by atoms with van der Waals surface area (Å²) in [5.41, 5.74) is 1.21. The van der Waals surface area contributed by atoms with Crippen molar-refractivity contribution in [2.24, 2.45) is 35.5 Å². The molecule has 3 aliphatic heterocycles. The van der Waals surface area contributed by atoms with E-state index in [1.54, 1.807) is 47.7 Å². The number of hydrogen-bond acceptors (Lipinski definition) is 13. The van der Waals surface area contributed by atoms with Crippen LogP contribution in [0.4, 0.5) is 0 Å². The molecule has 2 saturated heterocycles. The number of aliphatic hydroxyl groups excluding tert-OH is 1. The van der Waals surface area contributed by atoms with Crippen LogP contribution in [0.15, 0.2) is 47.6 Å². The summed E-state index contributed by atoms with van der Waals surface area (Å²) in [6.45, 7) is 14.5. The number of carbonyl (C=O) groups excluding carboxylic acids is 5. The summed E-state index contributed by atoms with van der Waals surface area (Å²) in [5, 5.41) is 23.4. The third-order valence-electron chi connectivity index (χ3n) is 14.9. The summed E-state index contributed by atoms with van der Waals surface area (Å²) in [5.74, 6) is -7.95. The fraction of sp³-hybridized carbons (Fsp3) is 0.750. The number of piperidine rings is 1. The van der Waals surface area contributed by atoms with Gasteiger partial charge in [-0.2, -0.15) is 0 Å². The van der Waals surface area contributed by atoms with Gasteiger partial charge in [-0.25, -0.2) is 4.79 Å². The monoisotopic (exact) mass is 959 g/mol. The van der Waals surface area contributed by atoms with Crippen molar-refractivity contribution in [3.8, 4) is 0 Å². The Morgan fingerprint density at radius 2 is 1.60 bits per heavy atom. The summed E-state index contributed by atoms with van der Waals surface area (Å²) in [6.07, 6.45) is 12.2. The average molecular weight is 959 g/mol. The number of hydrogen-bond donors (Lipinski definition) is 2. The molecule has 3 heterocycles. The van der Waals surface area contributed by atoms with Crippen LogP contribution in [0, 0.1) is 35.5 Å². The maximum Gasteiger partial charge on any atom is 0.341 e. The van der Waals surface area contributed by atoms with E-state index in [0.717, 1.165) is 18.4 Å². The Kier molecular flexibility index (Phi) is 22.0. The molecular formula is C52H81NO13P+. The molecule has 14 nitrogen and oxygen atoms in total. The van der Waals surface area contributed by atoms with E-state index < -0.39 is 85.6 Å². The Bertz CT molecular complexity index is 1860. The SMILES string of the molecule is CO[C@H]1C[C@@H]2CC[C@@H](C)[C@@](O)(O2)C(=O)C(=O)N2CCCC[C@H]2C(=O)OC([C@H](C)C[C@@H]2CCC([P+](C)=O)[C@H](OC)C2)CC(=O)[C@H](C)/C=C(\C)[C@@H](O)[C@@H](OC)C(=O)[C@H](C)C[C@H](C)/C=C/C=CC=C1C. The Morgan fingerprint density at radius 1 is 0.881 bits per heavy atom. The van der Waals surface area contributed by atoms with Crippen molar-refractivity contribution in [1.29, 1.82) is 0 Å². The third-order valence-corrected chi connectivity index (χ3v) is 16.5. The zero-order chi connectivity index (χ0) is 49.7. The largest absolute Gasteiger partial charge is 0.460 e. The van der Waals surface area contributed by atoms with Crippen LogP contribution in [-0.2, 0) is 52.2 Å². The number of rotatable bonds is 7. The molecule has 0 aromatic carbocycles. The van der Waals surface area contributed by atoms with Crippen molar-refractivity contribution >= 4 is 37.0 Å². The number of fused-ring (bicyclic) bond motifs is 3. The number of methoxy groups -OCH3 is 3. The lowest BCUT2D eigenvalue weighted by molar-refractivity contribution is -0.265. The maximum atomic E-state index is 14.4. The van der Waals surface area contributed by atoms with Crippen LogP contribution in [0.25, 0.3) is 0 Å². The highest BCUT2D eigenvalue weighted by Crippen LogP contribution is 2.42. The second kappa shape index (κ2) is 26.1. The highest BCUT2D eigenvalue weighted by molar-refractivity contribution is 7.44. The highest BCUT2D eigenvalue weighted by atomic mass is 31.1. The first-order valence-electron chi connectivity index (χ1n) is 24.6. The summed E-state index contributed by atoms with van der Waals surface area (Å²) in [7, 11) is 3.13. The highest BCUT2D eigenvalue weighted by Gasteiger charge is 2.53. The van der Waals surface area contributed by atoms with Gasteiger partial charge in [-0.1, -0.05) is 75.6 Å². The van der Waals surface area contributed by atoms with Crippen LogP contribution < -0.4 is 0 Å². The topological polar surface area (TPSA) is 192 Å². The van der Waals surface area contributed by atoms with Crippen molar-refractivity contribution < 1.29 is 62.4 Å². The van der Waals surface area contributed by atoms with Crippen LogP contribution in [0.1, 0.15) is 126 Å². The van der Waals surface area contributed by atoms with Crippen LogP contribution in [0.2, 0.25) is 0 Å². The summed E-state index contributed by atoms with van der Waals surface area (Å²) >= 11 is 0. The van der Waals surface area contributed by atoms with Gasteiger partial charge in [0.25, 0.3) is 11.7 Å². The third kappa shape index (κ3) is 14.9. The molecule has 0 aromatic rings.